The van der Waals surface area contributed by atoms with Crippen molar-refractivity contribution in [2.75, 3.05) is 26.7 Å². The molecule has 0 aliphatic carbocycles. The Balaban J connectivity index is 2.60. The Morgan fingerprint density at radius 2 is 1.95 bits per heavy atom. The van der Waals surface area contributed by atoms with Gasteiger partial charge in [-0.3, -0.25) is 0 Å². The Labute approximate surface area is 133 Å². The van der Waals surface area contributed by atoms with Crippen LogP contribution < -0.4 is 5.32 Å². The normalized spacial score (nSPS) is 12.8. The number of methoxy groups -OCH3 is 1. The van der Waals surface area contributed by atoms with E-state index in [0.717, 1.165) is 11.1 Å². The Bertz CT molecular complexity index is 471. The van der Waals surface area contributed by atoms with Crippen LogP contribution in [0.2, 0.25) is 0 Å². The van der Waals surface area contributed by atoms with Gasteiger partial charge in [0.25, 0.3) is 0 Å². The summed E-state index contributed by atoms with van der Waals surface area (Å²) < 4.78 is 5.28. The molecule has 2 amide bonds. The second-order valence-electron chi connectivity index (χ2n) is 6.09. The van der Waals surface area contributed by atoms with Crippen LogP contribution in [-0.2, 0) is 4.74 Å². The van der Waals surface area contributed by atoms with E-state index in [1.165, 1.54) is 0 Å². The Morgan fingerprint density at radius 3 is 2.45 bits per heavy atom. The molecule has 1 aromatic rings. The lowest BCUT2D eigenvalue weighted by Gasteiger charge is -2.28. The number of hydrogen-bond donors (Lipinski definition) is 2. The Kier molecular flexibility index (Phi) is 6.84. The van der Waals surface area contributed by atoms with Crippen LogP contribution in [0.4, 0.5) is 4.79 Å². The van der Waals surface area contributed by atoms with Crippen molar-refractivity contribution in [2.24, 2.45) is 0 Å². The predicted molar refractivity (Wildman–Crippen MR) is 87.9 cm³/mol. The molecule has 0 spiro atoms. The molecule has 124 valence electrons. The van der Waals surface area contributed by atoms with Gasteiger partial charge in [-0.1, -0.05) is 29.8 Å². The number of ether oxygens (including phenoxy) is 1. The van der Waals surface area contributed by atoms with Crippen molar-refractivity contribution in [3.63, 3.8) is 0 Å². The van der Waals surface area contributed by atoms with E-state index in [2.05, 4.69) is 5.32 Å². The number of urea groups is 1. The van der Waals surface area contributed by atoms with E-state index < -0.39 is 11.7 Å². The number of aliphatic hydroxyl groups is 1. The first-order chi connectivity index (χ1) is 10.3. The van der Waals surface area contributed by atoms with Gasteiger partial charge >= 0.3 is 6.03 Å². The van der Waals surface area contributed by atoms with E-state index >= 15 is 0 Å². The monoisotopic (exact) mass is 308 g/mol. The van der Waals surface area contributed by atoms with Gasteiger partial charge in [-0.2, -0.15) is 0 Å². The topological polar surface area (TPSA) is 61.8 Å². The summed E-state index contributed by atoms with van der Waals surface area (Å²) in [6.45, 7) is 8.91. The minimum atomic E-state index is -0.693. The van der Waals surface area contributed by atoms with Crippen LogP contribution in [0.15, 0.2) is 24.3 Å². The van der Waals surface area contributed by atoms with Crippen molar-refractivity contribution in [1.82, 2.24) is 10.2 Å². The molecule has 0 radical (unpaired) electrons. The Hall–Kier alpha value is -1.59. The van der Waals surface area contributed by atoms with Gasteiger partial charge in [0, 0.05) is 20.2 Å². The average molecular weight is 308 g/mol. The summed E-state index contributed by atoms with van der Waals surface area (Å²) >= 11 is 0. The summed E-state index contributed by atoms with van der Waals surface area (Å²) in [6.07, 6.45) is -0.693. The number of likely N-dealkylation sites (N-methyl/N-ethyl adjacent to an activating group) is 1. The third-order valence-corrected chi connectivity index (χ3v) is 3.74. The van der Waals surface area contributed by atoms with E-state index in [0.29, 0.717) is 13.1 Å². The van der Waals surface area contributed by atoms with E-state index in [9.17, 15) is 9.90 Å². The van der Waals surface area contributed by atoms with Crippen LogP contribution in [0, 0.1) is 6.92 Å². The average Bonchev–Trinajstić information content (AvgIpc) is 2.50. The highest BCUT2D eigenvalue weighted by atomic mass is 16.5. The van der Waals surface area contributed by atoms with Crippen molar-refractivity contribution >= 4 is 6.03 Å². The maximum Gasteiger partial charge on any atom is 0.317 e. The van der Waals surface area contributed by atoms with Gasteiger partial charge in [0.05, 0.1) is 18.2 Å². The highest BCUT2D eigenvalue weighted by Crippen LogP contribution is 2.15. The molecule has 0 aliphatic rings. The van der Waals surface area contributed by atoms with E-state index in [1.54, 1.807) is 12.0 Å². The second-order valence-corrected chi connectivity index (χ2v) is 6.09. The molecular weight excluding hydrogens is 280 g/mol. The summed E-state index contributed by atoms with van der Waals surface area (Å²) in [5.41, 5.74) is 1.54. The zero-order valence-electron chi connectivity index (χ0n) is 14.2. The van der Waals surface area contributed by atoms with Crippen molar-refractivity contribution in [3.05, 3.63) is 35.4 Å². The Morgan fingerprint density at radius 1 is 1.36 bits per heavy atom. The zero-order chi connectivity index (χ0) is 16.8. The molecule has 0 aliphatic heterocycles. The quantitative estimate of drug-likeness (QED) is 0.813. The molecule has 0 saturated heterocycles. The standard InChI is InChI=1S/C17H28N2O3/c1-6-19(16(21)18-12-17(3,4)22-5)11-15(20)14-9-7-13(2)8-10-14/h7-10,15,20H,6,11-12H2,1-5H3,(H,18,21). The molecule has 0 saturated carbocycles. The number of rotatable bonds is 7. The van der Waals surface area contributed by atoms with E-state index in [1.807, 2.05) is 52.0 Å². The summed E-state index contributed by atoms with van der Waals surface area (Å²) in [7, 11) is 1.62. The minimum absolute atomic E-state index is 0.196. The maximum absolute atomic E-state index is 12.2. The molecule has 0 heterocycles. The molecule has 5 heteroatoms. The lowest BCUT2D eigenvalue weighted by Crippen LogP contribution is -2.47. The fourth-order valence-corrected chi connectivity index (χ4v) is 1.93. The number of carbonyl (C=O) groups is 1. The van der Waals surface area contributed by atoms with Crippen LogP contribution >= 0.6 is 0 Å². The van der Waals surface area contributed by atoms with Crippen LogP contribution in [0.1, 0.15) is 38.0 Å². The van der Waals surface area contributed by atoms with Crippen molar-refractivity contribution in [2.45, 2.75) is 39.4 Å². The minimum Gasteiger partial charge on any atom is -0.387 e. The van der Waals surface area contributed by atoms with Crippen LogP contribution in [0.5, 0.6) is 0 Å². The largest absolute Gasteiger partial charge is 0.387 e. The molecule has 1 unspecified atom stereocenters. The smallest absolute Gasteiger partial charge is 0.317 e. The van der Waals surface area contributed by atoms with Gasteiger partial charge in [-0.25, -0.2) is 4.79 Å². The van der Waals surface area contributed by atoms with Gasteiger partial charge in [-0.05, 0) is 33.3 Å². The maximum atomic E-state index is 12.2. The number of nitrogens with zero attached hydrogens (tertiary/aromatic N) is 1. The first-order valence-corrected chi connectivity index (χ1v) is 7.61. The molecule has 0 aromatic heterocycles. The lowest BCUT2D eigenvalue weighted by molar-refractivity contribution is 0.0238. The number of carbonyl (C=O) groups excluding carboxylic acids is 1. The molecular formula is C17H28N2O3. The molecule has 1 aromatic carbocycles. The van der Waals surface area contributed by atoms with Crippen molar-refractivity contribution in [1.29, 1.82) is 0 Å². The number of hydrogen-bond acceptors (Lipinski definition) is 3. The van der Waals surface area contributed by atoms with Gasteiger partial charge in [0.1, 0.15) is 0 Å². The number of nitrogens with one attached hydrogen (secondary N) is 1. The fourth-order valence-electron chi connectivity index (χ4n) is 1.93. The summed E-state index contributed by atoms with van der Waals surface area (Å²) in [5.74, 6) is 0. The summed E-state index contributed by atoms with van der Waals surface area (Å²) in [4.78, 5) is 13.8. The summed E-state index contributed by atoms with van der Waals surface area (Å²) in [6, 6.07) is 7.49. The highest BCUT2D eigenvalue weighted by Gasteiger charge is 2.21. The molecule has 22 heavy (non-hydrogen) atoms. The van der Waals surface area contributed by atoms with Crippen LogP contribution in [0.3, 0.4) is 0 Å². The SMILES string of the molecule is CCN(CC(O)c1ccc(C)cc1)C(=O)NCC(C)(C)OC. The number of aliphatic hydroxyl groups excluding tert-OH is 1. The first-order valence-electron chi connectivity index (χ1n) is 7.61. The number of amides is 2. The van der Waals surface area contributed by atoms with Crippen LogP contribution in [-0.4, -0.2) is 48.4 Å². The first kappa shape index (κ1) is 18.5. The van der Waals surface area contributed by atoms with Crippen molar-refractivity contribution < 1.29 is 14.6 Å². The summed E-state index contributed by atoms with van der Waals surface area (Å²) in [5, 5.41) is 13.1. The third kappa shape index (κ3) is 5.66. The third-order valence-electron chi connectivity index (χ3n) is 3.74. The number of benzene rings is 1. The van der Waals surface area contributed by atoms with Crippen LogP contribution in [0.25, 0.3) is 0 Å². The van der Waals surface area contributed by atoms with E-state index in [-0.39, 0.29) is 12.6 Å². The molecule has 1 atom stereocenters. The molecule has 5 nitrogen and oxygen atoms in total. The van der Waals surface area contributed by atoms with Gasteiger partial charge in [0.2, 0.25) is 0 Å². The molecule has 2 N–H and O–H groups in total. The lowest BCUT2D eigenvalue weighted by atomic mass is 10.1. The molecule has 0 fully saturated rings. The zero-order valence-corrected chi connectivity index (χ0v) is 14.2. The van der Waals surface area contributed by atoms with Gasteiger partial charge in [0.15, 0.2) is 0 Å². The second kappa shape index (κ2) is 8.15. The molecule has 0 bridgehead atoms. The predicted octanol–water partition coefficient (Wildman–Crippen LogP) is 2.48. The van der Waals surface area contributed by atoms with E-state index in [4.69, 9.17) is 4.74 Å². The van der Waals surface area contributed by atoms with Gasteiger partial charge < -0.3 is 20.1 Å². The van der Waals surface area contributed by atoms with Gasteiger partial charge in [-0.15, -0.1) is 0 Å². The molecule has 1 rings (SSSR count). The number of aryl methyl sites for hydroxylation is 1. The highest BCUT2D eigenvalue weighted by molar-refractivity contribution is 5.74. The van der Waals surface area contributed by atoms with Crippen molar-refractivity contribution in [3.8, 4) is 0 Å². The fraction of sp³-hybridized carbons (Fsp3) is 0.588.